The second kappa shape index (κ2) is 17.2. The van der Waals surface area contributed by atoms with Crippen LogP contribution in [0.4, 0.5) is 0 Å². The van der Waals surface area contributed by atoms with Crippen LogP contribution >= 0.6 is 23.1 Å². The van der Waals surface area contributed by atoms with Gasteiger partial charge in [0.15, 0.2) is 0 Å². The third-order valence-electron chi connectivity index (χ3n) is 6.53. The third-order valence-corrected chi connectivity index (χ3v) is 7.54. The molecule has 2 N–H and O–H groups in total. The van der Waals surface area contributed by atoms with Gasteiger partial charge in [0, 0.05) is 58.2 Å². The number of nitrogens with zero attached hydrogens (tertiary/aromatic N) is 4. The van der Waals surface area contributed by atoms with Crippen molar-refractivity contribution in [2.24, 2.45) is 0 Å². The smallest absolute Gasteiger partial charge is 0.331 e. The Bertz CT molecular complexity index is 1460. The van der Waals surface area contributed by atoms with Gasteiger partial charge in [-0.3, -0.25) is 0 Å². The van der Waals surface area contributed by atoms with Gasteiger partial charge in [0.05, 0.1) is 0 Å². The highest BCUT2D eigenvalue weighted by Gasteiger charge is 2.21. The summed E-state index contributed by atoms with van der Waals surface area (Å²) in [6, 6.07) is 14.9. The van der Waals surface area contributed by atoms with E-state index < -0.39 is 24.1 Å². The average molecular weight is 695 g/mol. The molecule has 0 radical (unpaired) electrons. The van der Waals surface area contributed by atoms with Gasteiger partial charge in [0.2, 0.25) is 0 Å². The minimum absolute atomic E-state index is 0.101. The summed E-state index contributed by atoms with van der Waals surface area (Å²) >= 11 is 2.57. The molecule has 48 heavy (non-hydrogen) atoms. The molecular weight excluding hydrogens is 653 g/mol. The van der Waals surface area contributed by atoms with Crippen LogP contribution in [0.5, 0.6) is 11.5 Å². The number of rotatable bonds is 16. The second-order valence-electron chi connectivity index (χ2n) is 13.0. The Kier molecular flexibility index (Phi) is 13.1. The zero-order chi connectivity index (χ0) is 34.6. The molecule has 0 amide bonds. The van der Waals surface area contributed by atoms with Crippen molar-refractivity contribution in [1.82, 2.24) is 29.8 Å². The molecule has 0 saturated carbocycles. The molecule has 0 aliphatic carbocycles. The minimum Gasteiger partial charge on any atom is -0.490 e. The fourth-order valence-corrected chi connectivity index (χ4v) is 4.99. The van der Waals surface area contributed by atoms with E-state index in [1.807, 2.05) is 101 Å². The lowest BCUT2D eigenvalue weighted by Gasteiger charge is -2.25. The number of hydrogen-bond acceptors (Lipinski definition) is 14. The number of benzene rings is 2. The molecule has 0 bridgehead atoms. The Balaban J connectivity index is 1.31. The van der Waals surface area contributed by atoms with Crippen LogP contribution in [-0.2, 0) is 19.1 Å². The number of ether oxygens (including phenoxy) is 4. The quantitative estimate of drug-likeness (QED) is 0.115. The van der Waals surface area contributed by atoms with E-state index in [-0.39, 0.29) is 24.3 Å². The van der Waals surface area contributed by atoms with E-state index in [4.69, 9.17) is 18.9 Å². The first-order valence-electron chi connectivity index (χ1n) is 15.4. The zero-order valence-corrected chi connectivity index (χ0v) is 29.6. The predicted octanol–water partition coefficient (Wildman–Crippen LogP) is 5.34. The number of carbonyl (C=O) groups is 2. The normalized spacial score (nSPS) is 13.2. The highest BCUT2D eigenvalue weighted by Crippen LogP contribution is 2.23. The maximum Gasteiger partial charge on any atom is 0.331 e. The Morgan fingerprint density at radius 2 is 1.04 bits per heavy atom. The SMILES string of the molecule is CC(C)(C)NCC(COc1ccc(-c2csnn2)cc1)OC(=O)/C=C\C(=O)OC(CNC(C)(C)C)COc1ccc(-c2csnn2)cc1. The summed E-state index contributed by atoms with van der Waals surface area (Å²) in [5.74, 6) is -0.164. The molecule has 0 saturated heterocycles. The van der Waals surface area contributed by atoms with Gasteiger partial charge in [0.1, 0.15) is 48.3 Å². The molecule has 256 valence electrons. The molecule has 0 fully saturated rings. The van der Waals surface area contributed by atoms with Crippen molar-refractivity contribution < 1.29 is 28.5 Å². The fourth-order valence-electron chi connectivity index (χ4n) is 4.06. The minimum atomic E-state index is -0.696. The van der Waals surface area contributed by atoms with E-state index in [0.717, 1.165) is 34.7 Å². The van der Waals surface area contributed by atoms with Gasteiger partial charge in [-0.05, 0) is 113 Å². The molecule has 0 aliphatic heterocycles. The molecule has 2 atom stereocenters. The molecule has 4 aromatic rings. The van der Waals surface area contributed by atoms with Gasteiger partial charge < -0.3 is 29.6 Å². The molecule has 2 aromatic carbocycles. The monoisotopic (exact) mass is 694 g/mol. The Hall–Kier alpha value is -4.24. The molecule has 2 aromatic heterocycles. The van der Waals surface area contributed by atoms with Crippen molar-refractivity contribution in [2.45, 2.75) is 64.8 Å². The van der Waals surface area contributed by atoms with Crippen molar-refractivity contribution in [2.75, 3.05) is 26.3 Å². The summed E-state index contributed by atoms with van der Waals surface area (Å²) in [6.45, 7) is 13.0. The molecule has 0 aliphatic rings. The van der Waals surface area contributed by atoms with Crippen LogP contribution in [0.1, 0.15) is 41.5 Å². The standard InChI is InChI=1S/C34H42N6O6S2/c1-33(2,3)35-17-27(19-43-25-11-7-23(8-12-25)29-21-47-39-37-29)45-31(41)15-16-32(42)46-28(18-36-34(4,5)6)20-44-26-13-9-24(10-14-26)30-22-48-40-38-30/h7-16,21-22,27-28,35-36H,17-20H2,1-6H3/b16-15-. The number of aromatic nitrogens is 4. The largest absolute Gasteiger partial charge is 0.490 e. The van der Waals surface area contributed by atoms with Crippen LogP contribution in [-0.4, -0.2) is 80.7 Å². The number of esters is 2. The summed E-state index contributed by atoms with van der Waals surface area (Å²) in [4.78, 5) is 25.6. The third kappa shape index (κ3) is 13.1. The summed E-state index contributed by atoms with van der Waals surface area (Å²) in [7, 11) is 0. The zero-order valence-electron chi connectivity index (χ0n) is 28.0. The number of carbonyl (C=O) groups excluding carboxylic acids is 2. The van der Waals surface area contributed by atoms with E-state index >= 15 is 0 Å². The number of hydrogen-bond donors (Lipinski definition) is 2. The van der Waals surface area contributed by atoms with E-state index in [0.29, 0.717) is 24.6 Å². The fraction of sp³-hybridized carbons (Fsp3) is 0.412. The lowest BCUT2D eigenvalue weighted by Crippen LogP contribution is -2.44. The maximum absolute atomic E-state index is 12.8. The maximum atomic E-state index is 12.8. The molecule has 0 spiro atoms. The first-order chi connectivity index (χ1) is 22.8. The van der Waals surface area contributed by atoms with Gasteiger partial charge in [-0.15, -0.1) is 10.2 Å². The van der Waals surface area contributed by atoms with Crippen molar-refractivity contribution in [3.63, 3.8) is 0 Å². The van der Waals surface area contributed by atoms with Crippen LogP contribution in [0, 0.1) is 0 Å². The van der Waals surface area contributed by atoms with Gasteiger partial charge in [0.25, 0.3) is 0 Å². The van der Waals surface area contributed by atoms with Gasteiger partial charge >= 0.3 is 11.9 Å². The van der Waals surface area contributed by atoms with Crippen LogP contribution in [0.3, 0.4) is 0 Å². The van der Waals surface area contributed by atoms with Crippen molar-refractivity contribution in [3.05, 3.63) is 71.4 Å². The second-order valence-corrected chi connectivity index (χ2v) is 14.2. The Morgan fingerprint density at radius 3 is 1.35 bits per heavy atom. The lowest BCUT2D eigenvalue weighted by molar-refractivity contribution is -0.147. The van der Waals surface area contributed by atoms with Crippen LogP contribution in [0.25, 0.3) is 22.5 Å². The molecule has 4 rings (SSSR count). The van der Waals surface area contributed by atoms with Crippen LogP contribution in [0.15, 0.2) is 71.4 Å². The summed E-state index contributed by atoms with van der Waals surface area (Å²) in [5, 5.41) is 18.6. The Labute approximate surface area is 289 Å². The van der Waals surface area contributed by atoms with Crippen molar-refractivity contribution in [3.8, 4) is 34.0 Å². The lowest BCUT2D eigenvalue weighted by atomic mass is 10.1. The topological polar surface area (TPSA) is 147 Å². The highest BCUT2D eigenvalue weighted by atomic mass is 32.1. The highest BCUT2D eigenvalue weighted by molar-refractivity contribution is 7.03. The summed E-state index contributed by atoms with van der Waals surface area (Å²) in [6.07, 6.45) is 0.861. The first-order valence-corrected chi connectivity index (χ1v) is 17.1. The van der Waals surface area contributed by atoms with Crippen LogP contribution in [0.2, 0.25) is 0 Å². The average Bonchev–Trinajstić information content (AvgIpc) is 3.78. The van der Waals surface area contributed by atoms with Gasteiger partial charge in [-0.1, -0.05) is 8.98 Å². The molecule has 12 nitrogen and oxygen atoms in total. The summed E-state index contributed by atoms with van der Waals surface area (Å²) in [5.41, 5.74) is 3.00. The first kappa shape index (κ1) is 36.6. The van der Waals surface area contributed by atoms with E-state index in [9.17, 15) is 9.59 Å². The predicted molar refractivity (Wildman–Crippen MR) is 186 cm³/mol. The Morgan fingerprint density at radius 1 is 0.667 bits per heavy atom. The molecular formula is C34H42N6O6S2. The van der Waals surface area contributed by atoms with Crippen molar-refractivity contribution in [1.29, 1.82) is 0 Å². The van der Waals surface area contributed by atoms with Crippen LogP contribution < -0.4 is 20.1 Å². The number of nitrogens with one attached hydrogen (secondary N) is 2. The van der Waals surface area contributed by atoms with Gasteiger partial charge in [-0.2, -0.15) is 0 Å². The molecule has 2 heterocycles. The van der Waals surface area contributed by atoms with E-state index in [1.54, 1.807) is 0 Å². The van der Waals surface area contributed by atoms with E-state index in [2.05, 4.69) is 29.8 Å². The van der Waals surface area contributed by atoms with E-state index in [1.165, 1.54) is 23.1 Å². The van der Waals surface area contributed by atoms with Crippen molar-refractivity contribution >= 4 is 35.0 Å². The summed E-state index contributed by atoms with van der Waals surface area (Å²) < 4.78 is 31.0. The molecule has 2 unspecified atom stereocenters. The van der Waals surface area contributed by atoms with Gasteiger partial charge in [-0.25, -0.2) is 9.59 Å². The molecule has 14 heteroatoms.